The van der Waals surface area contributed by atoms with Gasteiger partial charge in [0.1, 0.15) is 0 Å². The molecule has 28 heavy (non-hydrogen) atoms. The summed E-state index contributed by atoms with van der Waals surface area (Å²) in [5.74, 6) is 0. The van der Waals surface area contributed by atoms with E-state index in [0.29, 0.717) is 0 Å². The summed E-state index contributed by atoms with van der Waals surface area (Å²) in [6, 6.07) is 18.3. The van der Waals surface area contributed by atoms with Gasteiger partial charge >= 0.3 is 0 Å². The SMILES string of the molecule is C/C=C/c1ccc2c(c1)C(C)(N)c1cc3c(cc1-2)C(C)(C)c1cc(C)ccc1-3. The van der Waals surface area contributed by atoms with Crippen molar-refractivity contribution in [3.63, 3.8) is 0 Å². The molecule has 3 aromatic carbocycles. The number of aryl methyl sites for hydroxylation is 1. The molecule has 0 aliphatic heterocycles. The largest absolute Gasteiger partial charge is 0.318 e. The van der Waals surface area contributed by atoms with Crippen molar-refractivity contribution in [3.05, 3.63) is 88.0 Å². The van der Waals surface area contributed by atoms with Crippen LogP contribution in [0.1, 0.15) is 61.1 Å². The van der Waals surface area contributed by atoms with Gasteiger partial charge in [-0.3, -0.25) is 0 Å². The zero-order valence-corrected chi connectivity index (χ0v) is 17.4. The number of fused-ring (bicyclic) bond motifs is 6. The highest BCUT2D eigenvalue weighted by molar-refractivity contribution is 5.89. The first kappa shape index (κ1) is 17.5. The molecule has 2 aliphatic carbocycles. The highest BCUT2D eigenvalue weighted by Gasteiger charge is 2.41. The van der Waals surface area contributed by atoms with Gasteiger partial charge in [0, 0.05) is 5.41 Å². The van der Waals surface area contributed by atoms with Crippen LogP contribution in [0.25, 0.3) is 28.3 Å². The van der Waals surface area contributed by atoms with Gasteiger partial charge in [-0.1, -0.05) is 61.9 Å². The summed E-state index contributed by atoms with van der Waals surface area (Å²) in [7, 11) is 0. The molecule has 0 spiro atoms. The Labute approximate surface area is 167 Å². The summed E-state index contributed by atoms with van der Waals surface area (Å²) in [4.78, 5) is 0. The molecule has 0 bridgehead atoms. The fourth-order valence-corrected chi connectivity index (χ4v) is 5.21. The van der Waals surface area contributed by atoms with Gasteiger partial charge in [-0.15, -0.1) is 0 Å². The predicted octanol–water partition coefficient (Wildman–Crippen LogP) is 6.54. The minimum Gasteiger partial charge on any atom is -0.318 e. The molecule has 0 heterocycles. The average molecular weight is 366 g/mol. The second kappa shape index (κ2) is 5.46. The zero-order chi connectivity index (χ0) is 19.8. The number of hydrogen-bond donors (Lipinski definition) is 1. The van der Waals surface area contributed by atoms with Gasteiger partial charge in [0.2, 0.25) is 0 Å². The Bertz CT molecular complexity index is 1180. The van der Waals surface area contributed by atoms with E-state index >= 15 is 0 Å². The smallest absolute Gasteiger partial charge is 0.0649 e. The van der Waals surface area contributed by atoms with Gasteiger partial charge < -0.3 is 5.73 Å². The summed E-state index contributed by atoms with van der Waals surface area (Å²) in [6.45, 7) is 11.1. The number of rotatable bonds is 1. The van der Waals surface area contributed by atoms with Crippen molar-refractivity contribution < 1.29 is 0 Å². The Morgan fingerprint density at radius 3 is 2.04 bits per heavy atom. The molecule has 140 valence electrons. The maximum absolute atomic E-state index is 6.95. The first-order valence-electron chi connectivity index (χ1n) is 10.1. The Kier molecular flexibility index (Phi) is 3.40. The maximum atomic E-state index is 6.95. The number of hydrogen-bond acceptors (Lipinski definition) is 1. The van der Waals surface area contributed by atoms with E-state index in [-0.39, 0.29) is 5.41 Å². The van der Waals surface area contributed by atoms with Crippen LogP contribution >= 0.6 is 0 Å². The van der Waals surface area contributed by atoms with Crippen molar-refractivity contribution in [2.45, 2.75) is 45.6 Å². The Balaban J connectivity index is 1.79. The van der Waals surface area contributed by atoms with Crippen molar-refractivity contribution in [2.75, 3.05) is 0 Å². The van der Waals surface area contributed by atoms with Crippen LogP contribution < -0.4 is 5.73 Å². The maximum Gasteiger partial charge on any atom is 0.0649 e. The molecule has 0 radical (unpaired) electrons. The van der Waals surface area contributed by atoms with E-state index in [4.69, 9.17) is 5.73 Å². The topological polar surface area (TPSA) is 26.0 Å². The normalized spacial score (nSPS) is 20.8. The van der Waals surface area contributed by atoms with Gasteiger partial charge in [0.05, 0.1) is 5.54 Å². The molecule has 2 N–H and O–H groups in total. The quantitative estimate of drug-likeness (QED) is 0.521. The Hall–Kier alpha value is -2.64. The lowest BCUT2D eigenvalue weighted by Crippen LogP contribution is -2.32. The van der Waals surface area contributed by atoms with Crippen molar-refractivity contribution >= 4 is 6.08 Å². The third-order valence-corrected chi connectivity index (χ3v) is 6.78. The van der Waals surface area contributed by atoms with Gasteiger partial charge in [0.15, 0.2) is 0 Å². The van der Waals surface area contributed by atoms with Crippen LogP contribution in [0.3, 0.4) is 0 Å². The average Bonchev–Trinajstić information content (AvgIpc) is 3.00. The molecule has 3 aromatic rings. The molecule has 1 unspecified atom stereocenters. The summed E-state index contributed by atoms with van der Waals surface area (Å²) < 4.78 is 0. The molecule has 5 rings (SSSR count). The van der Waals surface area contributed by atoms with E-state index in [1.54, 1.807) is 0 Å². The molecule has 0 saturated heterocycles. The molecule has 1 nitrogen and oxygen atoms in total. The molecule has 0 amide bonds. The van der Waals surface area contributed by atoms with Crippen LogP contribution in [0, 0.1) is 6.92 Å². The minimum absolute atomic E-state index is 0.00432. The first-order chi connectivity index (χ1) is 13.2. The van der Waals surface area contributed by atoms with Crippen molar-refractivity contribution in [1.82, 2.24) is 0 Å². The van der Waals surface area contributed by atoms with E-state index < -0.39 is 5.54 Å². The van der Waals surface area contributed by atoms with Gasteiger partial charge in [0.25, 0.3) is 0 Å². The van der Waals surface area contributed by atoms with Gasteiger partial charge in [-0.05, 0) is 89.0 Å². The molecule has 0 aromatic heterocycles. The number of allylic oxidation sites excluding steroid dienone is 1. The lowest BCUT2D eigenvalue weighted by atomic mass is 9.80. The molecule has 2 aliphatic rings. The summed E-state index contributed by atoms with van der Waals surface area (Å²) >= 11 is 0. The van der Waals surface area contributed by atoms with Crippen LogP contribution in [0.15, 0.2) is 54.6 Å². The second-order valence-electron chi connectivity index (χ2n) is 9.12. The fourth-order valence-electron chi connectivity index (χ4n) is 5.21. The lowest BCUT2D eigenvalue weighted by molar-refractivity contribution is 0.619. The summed E-state index contributed by atoms with van der Waals surface area (Å²) in [5, 5.41) is 0. The van der Waals surface area contributed by atoms with Crippen LogP contribution in [-0.2, 0) is 11.0 Å². The Morgan fingerprint density at radius 1 is 0.714 bits per heavy atom. The van der Waals surface area contributed by atoms with Crippen LogP contribution in [-0.4, -0.2) is 0 Å². The molecular weight excluding hydrogens is 338 g/mol. The van der Waals surface area contributed by atoms with Crippen molar-refractivity contribution in [1.29, 1.82) is 0 Å². The molecule has 1 heteroatoms. The third-order valence-electron chi connectivity index (χ3n) is 6.78. The van der Waals surface area contributed by atoms with E-state index in [1.165, 1.54) is 55.6 Å². The molecule has 0 fully saturated rings. The van der Waals surface area contributed by atoms with Gasteiger partial charge in [-0.2, -0.15) is 0 Å². The lowest BCUT2D eigenvalue weighted by Gasteiger charge is -2.24. The van der Waals surface area contributed by atoms with Crippen molar-refractivity contribution in [2.24, 2.45) is 5.73 Å². The summed E-state index contributed by atoms with van der Waals surface area (Å²) in [6.07, 6.45) is 4.22. The van der Waals surface area contributed by atoms with Crippen LogP contribution in [0.5, 0.6) is 0 Å². The highest BCUT2D eigenvalue weighted by Crippen LogP contribution is 2.55. The summed E-state index contributed by atoms with van der Waals surface area (Å²) in [5.41, 5.74) is 19.6. The molecule has 0 saturated carbocycles. The van der Waals surface area contributed by atoms with Gasteiger partial charge in [-0.25, -0.2) is 0 Å². The minimum atomic E-state index is -0.477. The Morgan fingerprint density at radius 2 is 1.29 bits per heavy atom. The van der Waals surface area contributed by atoms with Crippen molar-refractivity contribution in [3.8, 4) is 22.3 Å². The van der Waals surface area contributed by atoms with E-state index in [2.05, 4.69) is 95.3 Å². The zero-order valence-electron chi connectivity index (χ0n) is 17.4. The standard InChI is InChI=1S/C27H27N/c1-6-7-17-9-11-19-21-14-23-20(15-25(21)27(5,28)24(19)13-17)18-10-8-16(2)12-22(18)26(23,3)4/h6-15H,28H2,1-5H3/b7-6+. The molecule has 1 atom stereocenters. The highest BCUT2D eigenvalue weighted by atomic mass is 14.7. The number of benzene rings is 3. The van der Waals surface area contributed by atoms with Crippen LogP contribution in [0.4, 0.5) is 0 Å². The predicted molar refractivity (Wildman–Crippen MR) is 120 cm³/mol. The third kappa shape index (κ3) is 2.11. The van der Waals surface area contributed by atoms with E-state index in [9.17, 15) is 0 Å². The molecular formula is C27H27N. The second-order valence-corrected chi connectivity index (χ2v) is 9.12. The fraction of sp³-hybridized carbons (Fsp3) is 0.259. The van der Waals surface area contributed by atoms with E-state index in [1.807, 2.05) is 0 Å². The van der Waals surface area contributed by atoms with Crippen LogP contribution in [0.2, 0.25) is 0 Å². The number of nitrogens with two attached hydrogens (primary N) is 1. The monoisotopic (exact) mass is 365 g/mol. The first-order valence-corrected chi connectivity index (χ1v) is 10.1. The van der Waals surface area contributed by atoms with E-state index in [0.717, 1.165) is 0 Å².